The van der Waals surface area contributed by atoms with Crippen LogP contribution in [0.1, 0.15) is 16.1 Å². The Morgan fingerprint density at radius 3 is 2.54 bits per heavy atom. The average molecular weight is 499 g/mol. The molecule has 13 nitrogen and oxygen atoms in total. The lowest BCUT2D eigenvalue weighted by Gasteiger charge is -2.13. The molecular weight excluding hydrogens is 480 g/mol. The van der Waals surface area contributed by atoms with Crippen molar-refractivity contribution in [3.05, 3.63) is 52.7 Å². The van der Waals surface area contributed by atoms with Crippen molar-refractivity contribution in [3.63, 3.8) is 0 Å². The number of anilines is 1. The summed E-state index contributed by atoms with van der Waals surface area (Å²) in [6.45, 7) is 0. The molecule has 0 saturated heterocycles. The van der Waals surface area contributed by atoms with E-state index in [4.69, 9.17) is 31.5 Å². The van der Waals surface area contributed by atoms with E-state index in [1.807, 2.05) is 0 Å². The number of methoxy groups -OCH3 is 3. The zero-order valence-corrected chi connectivity index (χ0v) is 19.5. The SMILES string of the molecule is COc1ccc(/C=N\NC(=O)c2nnn(-c3nonc3N)c2-c2ccccc2Cl)c(OC)c1OC. The van der Waals surface area contributed by atoms with Gasteiger partial charge in [-0.3, -0.25) is 4.79 Å². The van der Waals surface area contributed by atoms with Crippen LogP contribution in [-0.2, 0) is 0 Å². The lowest BCUT2D eigenvalue weighted by molar-refractivity contribution is 0.0950. The second kappa shape index (κ2) is 10.1. The summed E-state index contributed by atoms with van der Waals surface area (Å²) in [5.74, 6) is 0.568. The molecule has 1 amide bonds. The molecule has 3 N–H and O–H groups in total. The van der Waals surface area contributed by atoms with Crippen molar-refractivity contribution in [2.45, 2.75) is 0 Å². The van der Waals surface area contributed by atoms with E-state index in [9.17, 15) is 4.79 Å². The molecule has 0 aliphatic carbocycles. The van der Waals surface area contributed by atoms with Gasteiger partial charge in [0, 0.05) is 11.1 Å². The lowest BCUT2D eigenvalue weighted by Crippen LogP contribution is -2.19. The highest BCUT2D eigenvalue weighted by Gasteiger charge is 2.26. The molecule has 0 unspecified atom stereocenters. The van der Waals surface area contributed by atoms with Gasteiger partial charge in [0.2, 0.25) is 17.4 Å². The smallest absolute Gasteiger partial charge is 0.294 e. The molecule has 0 spiro atoms. The summed E-state index contributed by atoms with van der Waals surface area (Å²) < 4.78 is 21.9. The Hall–Kier alpha value is -4.65. The van der Waals surface area contributed by atoms with Crippen LogP contribution in [0.4, 0.5) is 5.82 Å². The first kappa shape index (κ1) is 23.5. The maximum Gasteiger partial charge on any atom is 0.294 e. The summed E-state index contributed by atoms with van der Waals surface area (Å²) in [5, 5.41) is 19.6. The van der Waals surface area contributed by atoms with Gasteiger partial charge in [-0.05, 0) is 28.5 Å². The number of hydrazone groups is 1. The first-order valence-electron chi connectivity index (χ1n) is 9.91. The van der Waals surface area contributed by atoms with Crippen LogP contribution in [0, 0.1) is 0 Å². The summed E-state index contributed by atoms with van der Waals surface area (Å²) in [7, 11) is 4.48. The summed E-state index contributed by atoms with van der Waals surface area (Å²) in [5.41, 5.74) is 9.35. The highest BCUT2D eigenvalue weighted by molar-refractivity contribution is 6.33. The third kappa shape index (κ3) is 4.44. The number of amides is 1. The van der Waals surface area contributed by atoms with Crippen molar-refractivity contribution in [1.82, 2.24) is 30.7 Å². The fourth-order valence-electron chi connectivity index (χ4n) is 3.26. The second-order valence-corrected chi connectivity index (χ2v) is 7.18. The number of hydrogen-bond donors (Lipinski definition) is 2. The summed E-state index contributed by atoms with van der Waals surface area (Å²) >= 11 is 6.38. The van der Waals surface area contributed by atoms with Gasteiger partial charge in [-0.15, -0.1) is 5.10 Å². The van der Waals surface area contributed by atoms with Gasteiger partial charge in [-0.2, -0.15) is 9.78 Å². The number of hydrogen-bond acceptors (Lipinski definition) is 11. The van der Waals surface area contributed by atoms with Crippen molar-refractivity contribution in [1.29, 1.82) is 0 Å². The zero-order valence-electron chi connectivity index (χ0n) is 18.7. The van der Waals surface area contributed by atoms with Gasteiger partial charge in [0.15, 0.2) is 17.2 Å². The molecule has 35 heavy (non-hydrogen) atoms. The molecule has 2 aromatic heterocycles. The Balaban J connectivity index is 1.69. The van der Waals surface area contributed by atoms with Crippen LogP contribution < -0.4 is 25.4 Å². The lowest BCUT2D eigenvalue weighted by atomic mass is 10.1. The van der Waals surface area contributed by atoms with Crippen LogP contribution in [0.15, 0.2) is 46.1 Å². The Morgan fingerprint density at radius 2 is 1.89 bits per heavy atom. The normalized spacial score (nSPS) is 11.0. The number of aromatic nitrogens is 5. The molecule has 0 saturated carbocycles. The first-order valence-corrected chi connectivity index (χ1v) is 10.3. The van der Waals surface area contributed by atoms with Gasteiger partial charge in [-0.25, -0.2) is 10.1 Å². The number of halogens is 1. The van der Waals surface area contributed by atoms with Crippen LogP contribution in [0.3, 0.4) is 0 Å². The topological polar surface area (TPSA) is 165 Å². The average Bonchev–Trinajstić information content (AvgIpc) is 3.49. The molecule has 0 atom stereocenters. The minimum atomic E-state index is -0.670. The van der Waals surface area contributed by atoms with E-state index >= 15 is 0 Å². The number of benzene rings is 2. The zero-order chi connectivity index (χ0) is 24.9. The van der Waals surface area contributed by atoms with E-state index in [0.29, 0.717) is 33.4 Å². The Morgan fingerprint density at radius 1 is 1.11 bits per heavy atom. The van der Waals surface area contributed by atoms with E-state index in [1.165, 1.54) is 32.2 Å². The summed E-state index contributed by atoms with van der Waals surface area (Å²) in [6, 6.07) is 10.2. The molecule has 14 heteroatoms. The van der Waals surface area contributed by atoms with E-state index in [1.54, 1.807) is 36.4 Å². The van der Waals surface area contributed by atoms with Crippen LogP contribution >= 0.6 is 11.6 Å². The Bertz CT molecular complexity index is 1400. The van der Waals surface area contributed by atoms with Crippen molar-refractivity contribution in [3.8, 4) is 34.3 Å². The minimum Gasteiger partial charge on any atom is -0.493 e. The standard InChI is InChI=1S/C21H19ClN8O5/c1-32-14-9-8-11(17(33-2)18(14)34-3)10-24-26-21(31)15-16(12-6-4-5-7-13(12)22)30(29-25-15)20-19(23)27-35-28-20/h4-10H,1-3H3,(H2,23,27)(H,26,31)/b24-10-. The van der Waals surface area contributed by atoms with Gasteiger partial charge in [0.05, 0.1) is 32.6 Å². The van der Waals surface area contributed by atoms with E-state index in [-0.39, 0.29) is 23.0 Å². The number of rotatable bonds is 8. The van der Waals surface area contributed by atoms with Gasteiger partial charge >= 0.3 is 0 Å². The summed E-state index contributed by atoms with van der Waals surface area (Å²) in [6.07, 6.45) is 1.39. The minimum absolute atomic E-state index is 0.0463. The fraction of sp³-hybridized carbons (Fsp3) is 0.143. The van der Waals surface area contributed by atoms with Crippen molar-refractivity contribution in [2.75, 3.05) is 27.1 Å². The van der Waals surface area contributed by atoms with Gasteiger partial charge < -0.3 is 19.9 Å². The van der Waals surface area contributed by atoms with E-state index in [0.717, 1.165) is 0 Å². The largest absolute Gasteiger partial charge is 0.493 e. The number of carbonyl (C=O) groups is 1. The molecular formula is C21H19ClN8O5. The number of carbonyl (C=O) groups excluding carboxylic acids is 1. The molecule has 0 aliphatic heterocycles. The van der Waals surface area contributed by atoms with Crippen LogP contribution in [0.2, 0.25) is 5.02 Å². The fourth-order valence-corrected chi connectivity index (χ4v) is 3.48. The molecule has 2 aromatic carbocycles. The van der Waals surface area contributed by atoms with E-state index < -0.39 is 5.91 Å². The molecule has 0 radical (unpaired) electrons. The highest BCUT2D eigenvalue weighted by Crippen LogP contribution is 2.39. The molecule has 0 fully saturated rings. The monoisotopic (exact) mass is 498 g/mol. The third-order valence-electron chi connectivity index (χ3n) is 4.81. The van der Waals surface area contributed by atoms with Crippen LogP contribution in [-0.4, -0.2) is 58.8 Å². The van der Waals surface area contributed by atoms with Gasteiger partial charge in [0.1, 0.15) is 5.69 Å². The van der Waals surface area contributed by atoms with E-state index in [2.05, 4.69) is 35.8 Å². The molecule has 0 bridgehead atoms. The number of nitrogens with two attached hydrogens (primary N) is 1. The maximum absolute atomic E-state index is 13.0. The molecule has 0 aliphatic rings. The van der Waals surface area contributed by atoms with Crippen LogP contribution in [0.25, 0.3) is 17.1 Å². The van der Waals surface area contributed by atoms with Gasteiger partial charge in [-0.1, -0.05) is 35.0 Å². The maximum atomic E-state index is 13.0. The van der Waals surface area contributed by atoms with Crippen molar-refractivity contribution < 1.29 is 23.6 Å². The number of nitrogens with zero attached hydrogens (tertiary/aromatic N) is 6. The predicted octanol–water partition coefficient (Wildman–Crippen LogP) is 2.34. The van der Waals surface area contributed by atoms with Gasteiger partial charge in [0.25, 0.3) is 5.91 Å². The molecule has 4 rings (SSSR count). The summed E-state index contributed by atoms with van der Waals surface area (Å²) in [4.78, 5) is 13.0. The third-order valence-corrected chi connectivity index (χ3v) is 5.14. The first-order chi connectivity index (χ1) is 17.0. The number of nitrogens with one attached hydrogen (secondary N) is 1. The Labute approximate surface area is 203 Å². The van der Waals surface area contributed by atoms with Crippen molar-refractivity contribution in [2.24, 2.45) is 5.10 Å². The second-order valence-electron chi connectivity index (χ2n) is 6.77. The number of ether oxygens (including phenoxy) is 3. The quantitative estimate of drug-likeness (QED) is 0.272. The van der Waals surface area contributed by atoms with Crippen molar-refractivity contribution >= 4 is 29.5 Å². The molecule has 4 aromatic rings. The molecule has 180 valence electrons. The highest BCUT2D eigenvalue weighted by atomic mass is 35.5. The predicted molar refractivity (Wildman–Crippen MR) is 125 cm³/mol. The Kier molecular flexibility index (Phi) is 6.78. The van der Waals surface area contributed by atoms with Crippen LogP contribution in [0.5, 0.6) is 17.2 Å². The number of nitrogen functional groups attached to an aromatic ring is 1. The molecule has 2 heterocycles.